The number of aromatic nitrogens is 2. The summed E-state index contributed by atoms with van der Waals surface area (Å²) in [5, 5.41) is 3.32. The third-order valence-corrected chi connectivity index (χ3v) is 4.27. The highest BCUT2D eigenvalue weighted by Crippen LogP contribution is 2.41. The lowest BCUT2D eigenvalue weighted by Crippen LogP contribution is -2.39. The molecule has 0 radical (unpaired) electrons. The van der Waals surface area contributed by atoms with Gasteiger partial charge in [0.25, 0.3) is 0 Å². The van der Waals surface area contributed by atoms with E-state index in [2.05, 4.69) is 15.3 Å². The Kier molecular flexibility index (Phi) is 2.54. The van der Waals surface area contributed by atoms with Crippen molar-refractivity contribution >= 4 is 22.8 Å². The maximum Gasteiger partial charge on any atom is 0.243 e. The summed E-state index contributed by atoms with van der Waals surface area (Å²) in [6, 6.07) is 7.55. The van der Waals surface area contributed by atoms with E-state index in [0.717, 1.165) is 11.1 Å². The van der Waals surface area contributed by atoms with Crippen LogP contribution in [0.4, 0.5) is 0 Å². The standard InChI is InChI=1S/C17H13N3O2/c1-10-5-6-11-7-8-13(19-14(11)18-10)17-9-3-2-4-12(17)15(21)20-16(17)22/h2-9,12H,1H3,(H,20,21,22). The van der Waals surface area contributed by atoms with Crippen LogP contribution in [0, 0.1) is 12.8 Å². The van der Waals surface area contributed by atoms with Crippen LogP contribution in [-0.2, 0) is 15.0 Å². The number of nitrogens with zero attached hydrogens (tertiary/aromatic N) is 2. The molecule has 0 spiro atoms. The van der Waals surface area contributed by atoms with Crippen LogP contribution in [0.1, 0.15) is 11.4 Å². The van der Waals surface area contributed by atoms with Gasteiger partial charge in [0.1, 0.15) is 5.41 Å². The van der Waals surface area contributed by atoms with E-state index in [1.54, 1.807) is 30.4 Å². The number of carbonyl (C=O) groups is 2. The zero-order chi connectivity index (χ0) is 15.3. The lowest BCUT2D eigenvalue weighted by molar-refractivity contribution is -0.126. The minimum atomic E-state index is -1.06. The molecule has 4 rings (SSSR count). The Morgan fingerprint density at radius 1 is 1.09 bits per heavy atom. The van der Waals surface area contributed by atoms with Crippen LogP contribution in [-0.4, -0.2) is 21.8 Å². The van der Waals surface area contributed by atoms with Gasteiger partial charge >= 0.3 is 0 Å². The van der Waals surface area contributed by atoms with Crippen molar-refractivity contribution in [2.75, 3.05) is 0 Å². The van der Waals surface area contributed by atoms with Crippen molar-refractivity contribution in [3.05, 3.63) is 60.0 Å². The van der Waals surface area contributed by atoms with E-state index in [9.17, 15) is 9.59 Å². The fraction of sp³-hybridized carbons (Fsp3) is 0.176. The quantitative estimate of drug-likeness (QED) is 0.810. The molecule has 1 fully saturated rings. The molecule has 1 aliphatic carbocycles. The largest absolute Gasteiger partial charge is 0.295 e. The van der Waals surface area contributed by atoms with Crippen LogP contribution in [0.2, 0.25) is 0 Å². The zero-order valence-electron chi connectivity index (χ0n) is 11.9. The van der Waals surface area contributed by atoms with Crippen molar-refractivity contribution in [2.45, 2.75) is 12.3 Å². The SMILES string of the molecule is Cc1ccc2ccc(C34C=CC=CC3C(=O)NC4=O)nc2n1. The molecular weight excluding hydrogens is 278 g/mol. The number of pyridine rings is 2. The van der Waals surface area contributed by atoms with Crippen molar-refractivity contribution in [2.24, 2.45) is 5.92 Å². The Labute approximate surface area is 126 Å². The minimum Gasteiger partial charge on any atom is -0.295 e. The van der Waals surface area contributed by atoms with Crippen molar-refractivity contribution in [3.8, 4) is 0 Å². The number of imide groups is 1. The number of hydrogen-bond acceptors (Lipinski definition) is 4. The summed E-state index contributed by atoms with van der Waals surface area (Å²) in [5.74, 6) is -1.17. The van der Waals surface area contributed by atoms with Crippen molar-refractivity contribution in [1.82, 2.24) is 15.3 Å². The van der Waals surface area contributed by atoms with E-state index >= 15 is 0 Å². The third kappa shape index (κ3) is 1.59. The van der Waals surface area contributed by atoms with Crippen LogP contribution < -0.4 is 5.32 Å². The molecule has 2 aromatic heterocycles. The number of aryl methyl sites for hydroxylation is 1. The number of amides is 2. The minimum absolute atomic E-state index is 0.287. The molecule has 0 saturated carbocycles. The molecule has 2 unspecified atom stereocenters. The molecule has 2 amide bonds. The first-order valence-corrected chi connectivity index (χ1v) is 7.07. The molecule has 1 N–H and O–H groups in total. The average molecular weight is 291 g/mol. The van der Waals surface area contributed by atoms with Gasteiger partial charge in [0, 0.05) is 11.1 Å². The molecule has 108 valence electrons. The van der Waals surface area contributed by atoms with E-state index in [1.807, 2.05) is 25.1 Å². The van der Waals surface area contributed by atoms with Crippen LogP contribution >= 0.6 is 0 Å². The van der Waals surface area contributed by atoms with Gasteiger partial charge in [0.2, 0.25) is 11.8 Å². The van der Waals surface area contributed by atoms with Gasteiger partial charge in [-0.15, -0.1) is 0 Å². The lowest BCUT2D eigenvalue weighted by atomic mass is 9.72. The second-order valence-corrected chi connectivity index (χ2v) is 5.60. The van der Waals surface area contributed by atoms with Gasteiger partial charge in [0.05, 0.1) is 11.6 Å². The molecule has 2 aromatic rings. The van der Waals surface area contributed by atoms with Gasteiger partial charge in [-0.25, -0.2) is 9.97 Å². The highest BCUT2D eigenvalue weighted by atomic mass is 16.2. The van der Waals surface area contributed by atoms with Gasteiger partial charge in [-0.2, -0.15) is 0 Å². The molecular formula is C17H13N3O2. The third-order valence-electron chi connectivity index (χ3n) is 4.27. The zero-order valence-corrected chi connectivity index (χ0v) is 11.9. The number of nitrogens with one attached hydrogen (secondary N) is 1. The highest BCUT2D eigenvalue weighted by Gasteiger charge is 2.55. The first-order valence-electron chi connectivity index (χ1n) is 7.07. The Balaban J connectivity index is 1.96. The Morgan fingerprint density at radius 2 is 1.91 bits per heavy atom. The van der Waals surface area contributed by atoms with E-state index < -0.39 is 11.3 Å². The fourth-order valence-electron chi connectivity index (χ4n) is 3.13. The van der Waals surface area contributed by atoms with Crippen molar-refractivity contribution in [1.29, 1.82) is 0 Å². The second kappa shape index (κ2) is 4.34. The molecule has 2 aliphatic rings. The number of carbonyl (C=O) groups excluding carboxylic acids is 2. The predicted molar refractivity (Wildman–Crippen MR) is 80.9 cm³/mol. The fourth-order valence-corrected chi connectivity index (χ4v) is 3.13. The summed E-state index contributed by atoms with van der Waals surface area (Å²) in [7, 11) is 0. The monoisotopic (exact) mass is 291 g/mol. The van der Waals surface area contributed by atoms with Crippen molar-refractivity contribution in [3.63, 3.8) is 0 Å². The Morgan fingerprint density at radius 3 is 2.77 bits per heavy atom. The molecule has 3 heterocycles. The smallest absolute Gasteiger partial charge is 0.243 e. The van der Waals surface area contributed by atoms with E-state index in [1.165, 1.54) is 0 Å². The predicted octanol–water partition coefficient (Wildman–Crippen LogP) is 1.57. The van der Waals surface area contributed by atoms with Crippen LogP contribution in [0.15, 0.2) is 48.6 Å². The summed E-state index contributed by atoms with van der Waals surface area (Å²) >= 11 is 0. The maximum absolute atomic E-state index is 12.5. The number of fused-ring (bicyclic) bond motifs is 2. The second-order valence-electron chi connectivity index (χ2n) is 5.60. The highest BCUT2D eigenvalue weighted by molar-refractivity contribution is 6.12. The summed E-state index contributed by atoms with van der Waals surface area (Å²) in [5.41, 5.74) is 0.927. The molecule has 1 saturated heterocycles. The van der Waals surface area contributed by atoms with Gasteiger partial charge < -0.3 is 0 Å². The van der Waals surface area contributed by atoms with E-state index in [0.29, 0.717) is 11.3 Å². The van der Waals surface area contributed by atoms with Gasteiger partial charge in [-0.1, -0.05) is 24.3 Å². The van der Waals surface area contributed by atoms with Gasteiger partial charge in [-0.05, 0) is 31.2 Å². The van der Waals surface area contributed by atoms with Gasteiger partial charge in [-0.3, -0.25) is 14.9 Å². The van der Waals surface area contributed by atoms with Gasteiger partial charge in [0.15, 0.2) is 5.65 Å². The number of rotatable bonds is 1. The number of hydrogen-bond donors (Lipinski definition) is 1. The van der Waals surface area contributed by atoms with E-state index in [-0.39, 0.29) is 11.8 Å². The van der Waals surface area contributed by atoms with Crippen LogP contribution in [0.3, 0.4) is 0 Å². The summed E-state index contributed by atoms with van der Waals surface area (Å²) in [4.78, 5) is 33.5. The molecule has 22 heavy (non-hydrogen) atoms. The maximum atomic E-state index is 12.5. The lowest BCUT2D eigenvalue weighted by Gasteiger charge is -2.27. The van der Waals surface area contributed by atoms with Crippen molar-refractivity contribution < 1.29 is 9.59 Å². The molecule has 5 heteroatoms. The average Bonchev–Trinajstić information content (AvgIpc) is 2.79. The Hall–Kier alpha value is -2.82. The Bertz CT molecular complexity index is 885. The molecule has 0 aromatic carbocycles. The summed E-state index contributed by atoms with van der Waals surface area (Å²) in [6.45, 7) is 1.89. The van der Waals surface area contributed by atoms with Crippen LogP contribution in [0.25, 0.3) is 11.0 Å². The van der Waals surface area contributed by atoms with Crippen LogP contribution in [0.5, 0.6) is 0 Å². The molecule has 5 nitrogen and oxygen atoms in total. The normalized spacial score (nSPS) is 26.3. The first kappa shape index (κ1) is 12.9. The first-order chi connectivity index (χ1) is 10.6. The summed E-state index contributed by atoms with van der Waals surface area (Å²) in [6.07, 6.45) is 7.06. The molecule has 2 atom stereocenters. The molecule has 0 bridgehead atoms. The molecule has 1 aliphatic heterocycles. The summed E-state index contributed by atoms with van der Waals surface area (Å²) < 4.78 is 0. The number of allylic oxidation sites excluding steroid dienone is 2. The van der Waals surface area contributed by atoms with E-state index in [4.69, 9.17) is 0 Å². The topological polar surface area (TPSA) is 72.0 Å².